The molecule has 0 aromatic heterocycles. The first-order valence-corrected chi connectivity index (χ1v) is 7.12. The third kappa shape index (κ3) is 2.63. The predicted molar refractivity (Wildman–Crippen MR) is 78.6 cm³/mol. The number of allylic oxidation sites excluding steroid dienone is 2. The molecular formula is C15H12ClF3N2O. The van der Waals surface area contributed by atoms with Crippen LogP contribution in [-0.2, 0) is 5.41 Å². The van der Waals surface area contributed by atoms with Gasteiger partial charge in [0.25, 0.3) is 0 Å². The van der Waals surface area contributed by atoms with Gasteiger partial charge in [0, 0.05) is 22.5 Å². The Kier molecular flexibility index (Phi) is 3.51. The van der Waals surface area contributed by atoms with Crippen LogP contribution in [0, 0.1) is 5.92 Å². The lowest BCUT2D eigenvalue weighted by Crippen LogP contribution is -2.42. The van der Waals surface area contributed by atoms with E-state index in [0.29, 0.717) is 6.21 Å². The fourth-order valence-electron chi connectivity index (χ4n) is 2.37. The fourth-order valence-corrected chi connectivity index (χ4v) is 2.55. The second-order valence-corrected chi connectivity index (χ2v) is 5.88. The van der Waals surface area contributed by atoms with Gasteiger partial charge in [-0.25, -0.2) is 9.79 Å². The van der Waals surface area contributed by atoms with E-state index in [1.807, 2.05) is 0 Å². The molecule has 1 aromatic rings. The summed E-state index contributed by atoms with van der Waals surface area (Å²) in [7, 11) is 0. The number of urea groups is 1. The maximum absolute atomic E-state index is 13.9. The van der Waals surface area contributed by atoms with Crippen molar-refractivity contribution in [2.45, 2.75) is 24.4 Å². The van der Waals surface area contributed by atoms with E-state index in [4.69, 9.17) is 11.6 Å². The van der Waals surface area contributed by atoms with Gasteiger partial charge in [-0.3, -0.25) is 0 Å². The number of nitrogens with zero attached hydrogens (tertiary/aromatic N) is 1. The van der Waals surface area contributed by atoms with Crippen LogP contribution in [0.1, 0.15) is 18.4 Å². The number of halogens is 4. The van der Waals surface area contributed by atoms with Gasteiger partial charge in [0.15, 0.2) is 0 Å². The third-order valence-electron chi connectivity index (χ3n) is 3.78. The van der Waals surface area contributed by atoms with E-state index in [0.717, 1.165) is 18.9 Å². The molecule has 0 bridgehead atoms. The van der Waals surface area contributed by atoms with Crippen molar-refractivity contribution in [1.82, 2.24) is 0 Å². The van der Waals surface area contributed by atoms with E-state index in [2.05, 4.69) is 10.3 Å². The van der Waals surface area contributed by atoms with Crippen LogP contribution in [-0.4, -0.2) is 18.4 Å². The highest BCUT2D eigenvalue weighted by molar-refractivity contribution is 6.30. The van der Waals surface area contributed by atoms with Crippen LogP contribution in [0.5, 0.6) is 0 Å². The molecule has 1 aliphatic heterocycles. The molecule has 1 atom stereocenters. The number of carbonyl (C=O) groups is 1. The molecule has 0 spiro atoms. The van der Waals surface area contributed by atoms with Gasteiger partial charge in [0.05, 0.1) is 0 Å². The van der Waals surface area contributed by atoms with Crippen molar-refractivity contribution in [3.63, 3.8) is 0 Å². The average molecular weight is 329 g/mol. The van der Waals surface area contributed by atoms with Gasteiger partial charge in [-0.2, -0.15) is 13.2 Å². The maximum Gasteiger partial charge on any atom is 0.406 e. The molecule has 2 aliphatic rings. The van der Waals surface area contributed by atoms with Gasteiger partial charge in [0.1, 0.15) is 5.41 Å². The summed E-state index contributed by atoms with van der Waals surface area (Å²) < 4.78 is 41.6. The quantitative estimate of drug-likeness (QED) is 0.784. The van der Waals surface area contributed by atoms with Gasteiger partial charge < -0.3 is 5.32 Å². The Morgan fingerprint density at radius 1 is 1.36 bits per heavy atom. The summed E-state index contributed by atoms with van der Waals surface area (Å²) in [6.45, 7) is 0. The first-order valence-electron chi connectivity index (χ1n) is 6.74. The van der Waals surface area contributed by atoms with Crippen molar-refractivity contribution in [2.75, 3.05) is 5.32 Å². The number of alkyl halides is 3. The van der Waals surface area contributed by atoms with Crippen molar-refractivity contribution >= 4 is 29.5 Å². The minimum Gasteiger partial charge on any atom is -0.306 e. The first kappa shape index (κ1) is 15.1. The number of fused-ring (bicyclic) bond motifs is 1. The van der Waals surface area contributed by atoms with Crippen molar-refractivity contribution in [1.29, 1.82) is 0 Å². The lowest BCUT2D eigenvalue weighted by Gasteiger charge is -2.30. The molecule has 3 rings (SSSR count). The van der Waals surface area contributed by atoms with Crippen LogP contribution in [0.4, 0.5) is 23.7 Å². The number of hydrogen-bond donors (Lipinski definition) is 1. The fraction of sp³-hybridized carbons (Fsp3) is 0.333. The first-order chi connectivity index (χ1) is 10.3. The summed E-state index contributed by atoms with van der Waals surface area (Å²) in [6.07, 6.45) is 0.392. The summed E-state index contributed by atoms with van der Waals surface area (Å²) in [4.78, 5) is 15.0. The molecule has 0 saturated heterocycles. The lowest BCUT2D eigenvalue weighted by atomic mass is 9.79. The Hall–Kier alpha value is -1.82. The average Bonchev–Trinajstić information content (AvgIpc) is 3.24. The van der Waals surface area contributed by atoms with Crippen LogP contribution in [0.25, 0.3) is 0 Å². The summed E-state index contributed by atoms with van der Waals surface area (Å²) in [6, 6.07) is 3.17. The molecule has 1 aromatic carbocycles. The van der Waals surface area contributed by atoms with Crippen molar-refractivity contribution < 1.29 is 18.0 Å². The number of aliphatic imine (C=N–C) groups is 1. The number of nitrogens with one attached hydrogen (secondary N) is 1. The van der Waals surface area contributed by atoms with Crippen molar-refractivity contribution in [3.05, 3.63) is 40.9 Å². The maximum atomic E-state index is 13.9. The predicted octanol–water partition coefficient (Wildman–Crippen LogP) is 4.72. The molecule has 1 N–H and O–H groups in total. The SMILES string of the molecule is O=C1N=CC(/C=C/C2CC2)(C(F)(F)F)c2cc(Cl)ccc2N1. The van der Waals surface area contributed by atoms with Gasteiger partial charge in [-0.15, -0.1) is 0 Å². The normalized spacial score (nSPS) is 25.0. The van der Waals surface area contributed by atoms with Crippen molar-refractivity contribution in [3.8, 4) is 0 Å². The summed E-state index contributed by atoms with van der Waals surface area (Å²) in [5.41, 5.74) is -2.53. The minimum atomic E-state index is -4.65. The number of rotatable bonds is 2. The highest BCUT2D eigenvalue weighted by Gasteiger charge is 2.55. The standard InChI is InChI=1S/C15H12ClF3N2O/c16-10-3-4-12-11(7-10)14(15(17,18)19,6-5-9-1-2-9)8-20-13(22)21-12/h3-9H,1-2H2,(H,21,22)/b6-5+. The Balaban J connectivity index is 2.24. The second kappa shape index (κ2) is 5.12. The molecule has 1 saturated carbocycles. The van der Waals surface area contributed by atoms with E-state index in [9.17, 15) is 18.0 Å². The van der Waals surface area contributed by atoms with Gasteiger partial charge in [0.2, 0.25) is 0 Å². The molecule has 3 nitrogen and oxygen atoms in total. The smallest absolute Gasteiger partial charge is 0.306 e. The molecule has 1 fully saturated rings. The topological polar surface area (TPSA) is 41.5 Å². The third-order valence-corrected chi connectivity index (χ3v) is 4.01. The second-order valence-electron chi connectivity index (χ2n) is 5.44. The Labute approximate surface area is 129 Å². The molecule has 22 heavy (non-hydrogen) atoms. The van der Waals surface area contributed by atoms with Crippen LogP contribution in [0.2, 0.25) is 5.02 Å². The lowest BCUT2D eigenvalue weighted by molar-refractivity contribution is -0.155. The van der Waals surface area contributed by atoms with Crippen LogP contribution in [0.3, 0.4) is 0 Å². The summed E-state index contributed by atoms with van der Waals surface area (Å²) in [5, 5.41) is 2.51. The zero-order valence-electron chi connectivity index (χ0n) is 11.3. The highest BCUT2D eigenvalue weighted by atomic mass is 35.5. The van der Waals surface area contributed by atoms with Crippen LogP contribution < -0.4 is 5.32 Å². The highest BCUT2D eigenvalue weighted by Crippen LogP contribution is 2.46. The molecule has 1 heterocycles. The molecular weight excluding hydrogens is 317 g/mol. The van der Waals surface area contributed by atoms with E-state index in [1.54, 1.807) is 6.08 Å². The van der Waals surface area contributed by atoms with Gasteiger partial charge in [-0.05, 0) is 37.0 Å². The van der Waals surface area contributed by atoms with E-state index in [1.165, 1.54) is 18.2 Å². The molecule has 116 valence electrons. The molecule has 0 radical (unpaired) electrons. The molecule has 1 aliphatic carbocycles. The molecule has 1 unspecified atom stereocenters. The summed E-state index contributed by atoms with van der Waals surface area (Å²) >= 11 is 5.87. The zero-order valence-corrected chi connectivity index (χ0v) is 12.1. The van der Waals surface area contributed by atoms with Crippen LogP contribution >= 0.6 is 11.6 Å². The molecule has 7 heteroatoms. The minimum absolute atomic E-state index is 0.0599. The number of carbonyl (C=O) groups excluding carboxylic acids is 1. The van der Waals surface area contributed by atoms with Gasteiger partial charge in [-0.1, -0.05) is 23.8 Å². The monoisotopic (exact) mass is 328 g/mol. The van der Waals surface area contributed by atoms with E-state index >= 15 is 0 Å². The van der Waals surface area contributed by atoms with Crippen LogP contribution in [0.15, 0.2) is 35.3 Å². The number of amides is 2. The van der Waals surface area contributed by atoms with Gasteiger partial charge >= 0.3 is 12.2 Å². The zero-order chi connectivity index (χ0) is 16.0. The number of benzene rings is 1. The Bertz CT molecular complexity index is 680. The Morgan fingerprint density at radius 3 is 2.73 bits per heavy atom. The Morgan fingerprint density at radius 2 is 2.09 bits per heavy atom. The van der Waals surface area contributed by atoms with E-state index < -0.39 is 17.6 Å². The largest absolute Gasteiger partial charge is 0.406 e. The van der Waals surface area contributed by atoms with Crippen molar-refractivity contribution in [2.24, 2.45) is 10.9 Å². The number of hydrogen-bond acceptors (Lipinski definition) is 1. The number of anilines is 1. The summed E-state index contributed by atoms with van der Waals surface area (Å²) in [5.74, 6) is 0.155. The van der Waals surface area contributed by atoms with E-state index in [-0.39, 0.29) is 22.2 Å². The molecule has 2 amide bonds.